The van der Waals surface area contributed by atoms with E-state index in [1.165, 1.54) is 12.1 Å². The molecule has 0 aliphatic heterocycles. The quantitative estimate of drug-likeness (QED) is 0.849. The number of aryl methyl sites for hydroxylation is 1. The summed E-state index contributed by atoms with van der Waals surface area (Å²) in [6.07, 6.45) is 0. The van der Waals surface area contributed by atoms with E-state index in [-0.39, 0.29) is 20.9 Å². The average molecular weight is 386 g/mol. The molecule has 0 aliphatic rings. The lowest BCUT2D eigenvalue weighted by Crippen LogP contribution is -2.15. The van der Waals surface area contributed by atoms with Crippen molar-refractivity contribution in [1.82, 2.24) is 15.2 Å². The van der Waals surface area contributed by atoms with Gasteiger partial charge in [0.15, 0.2) is 0 Å². The van der Waals surface area contributed by atoms with Crippen LogP contribution in [0.2, 0.25) is 10.0 Å². The Morgan fingerprint density at radius 1 is 1.32 bits per heavy atom. The maximum Gasteiger partial charge on any atom is 0.267 e. The molecule has 0 unspecified atom stereocenters. The van der Waals surface area contributed by atoms with Crippen LogP contribution in [0.4, 0.5) is 5.95 Å². The maximum atomic E-state index is 12.2. The Morgan fingerprint density at radius 2 is 1.89 bits per heavy atom. The zero-order valence-corrected chi connectivity index (χ0v) is 13.3. The predicted octanol–water partition coefficient (Wildman–Crippen LogP) is 2.98. The Labute approximate surface area is 127 Å². The van der Waals surface area contributed by atoms with Crippen LogP contribution in [0.3, 0.4) is 0 Å². The first-order valence-electron chi connectivity index (χ1n) is 4.86. The van der Waals surface area contributed by atoms with Gasteiger partial charge in [-0.25, -0.2) is 13.1 Å². The van der Waals surface area contributed by atoms with E-state index in [4.69, 9.17) is 23.2 Å². The molecule has 2 rings (SSSR count). The van der Waals surface area contributed by atoms with Crippen LogP contribution in [-0.2, 0) is 10.0 Å². The van der Waals surface area contributed by atoms with Crippen molar-refractivity contribution in [1.29, 1.82) is 0 Å². The van der Waals surface area contributed by atoms with E-state index in [0.29, 0.717) is 10.3 Å². The molecular formula is C9H7BrCl2N4O2S. The molecule has 0 amide bonds. The van der Waals surface area contributed by atoms with Crippen LogP contribution in [0.25, 0.3) is 0 Å². The SMILES string of the molecule is Cc1nc(NS(=O)(=O)c2c(Cl)cc(Br)cc2Cl)n[nH]1. The molecule has 2 N–H and O–H groups in total. The number of halogens is 3. The summed E-state index contributed by atoms with van der Waals surface area (Å²) in [6, 6.07) is 2.87. The molecule has 6 nitrogen and oxygen atoms in total. The smallest absolute Gasteiger partial charge is 0.261 e. The summed E-state index contributed by atoms with van der Waals surface area (Å²) in [5, 5.41) is 6.20. The number of H-pyrrole nitrogens is 1. The van der Waals surface area contributed by atoms with E-state index in [9.17, 15) is 8.42 Å². The molecule has 0 radical (unpaired) electrons. The first kappa shape index (κ1) is 14.6. The maximum absolute atomic E-state index is 12.2. The lowest BCUT2D eigenvalue weighted by molar-refractivity contribution is 0.601. The number of nitrogens with zero attached hydrogens (tertiary/aromatic N) is 2. The van der Waals surface area contributed by atoms with Crippen LogP contribution >= 0.6 is 39.1 Å². The van der Waals surface area contributed by atoms with E-state index in [1.54, 1.807) is 6.92 Å². The summed E-state index contributed by atoms with van der Waals surface area (Å²) >= 11 is 15.0. The van der Waals surface area contributed by atoms with Crippen LogP contribution in [-0.4, -0.2) is 23.6 Å². The minimum atomic E-state index is -3.96. The molecule has 0 atom stereocenters. The molecule has 0 bridgehead atoms. The molecule has 0 saturated heterocycles. The Bertz CT molecular complexity index is 709. The summed E-state index contributed by atoms with van der Waals surface area (Å²) in [5.41, 5.74) is 0. The van der Waals surface area contributed by atoms with Gasteiger partial charge in [-0.3, -0.25) is 5.10 Å². The minimum absolute atomic E-state index is 0.000803. The van der Waals surface area contributed by atoms with Crippen LogP contribution in [0, 0.1) is 6.92 Å². The third kappa shape index (κ3) is 3.19. The topological polar surface area (TPSA) is 87.7 Å². The largest absolute Gasteiger partial charge is 0.267 e. The fourth-order valence-corrected chi connectivity index (χ4v) is 4.23. The molecule has 19 heavy (non-hydrogen) atoms. The van der Waals surface area contributed by atoms with Gasteiger partial charge in [0.25, 0.3) is 16.0 Å². The molecule has 0 spiro atoms. The molecule has 0 fully saturated rings. The minimum Gasteiger partial charge on any atom is -0.261 e. The van der Waals surface area contributed by atoms with Gasteiger partial charge >= 0.3 is 0 Å². The lowest BCUT2D eigenvalue weighted by atomic mass is 10.4. The van der Waals surface area contributed by atoms with E-state index in [0.717, 1.165) is 0 Å². The van der Waals surface area contributed by atoms with Crippen molar-refractivity contribution in [2.24, 2.45) is 0 Å². The molecule has 10 heteroatoms. The zero-order chi connectivity index (χ0) is 14.2. The van der Waals surface area contributed by atoms with Gasteiger partial charge in [-0.05, 0) is 19.1 Å². The van der Waals surface area contributed by atoms with Crippen molar-refractivity contribution in [3.63, 3.8) is 0 Å². The molecule has 0 saturated carbocycles. The van der Waals surface area contributed by atoms with Gasteiger partial charge in [-0.15, -0.1) is 5.10 Å². The van der Waals surface area contributed by atoms with E-state index < -0.39 is 10.0 Å². The van der Waals surface area contributed by atoms with Gasteiger partial charge in [0, 0.05) is 4.47 Å². The second-order valence-electron chi connectivity index (χ2n) is 3.55. The number of sulfonamides is 1. The fraction of sp³-hybridized carbons (Fsp3) is 0.111. The number of hydrogen-bond donors (Lipinski definition) is 2. The van der Waals surface area contributed by atoms with Gasteiger partial charge in [0.05, 0.1) is 10.0 Å². The number of nitrogens with one attached hydrogen (secondary N) is 2. The van der Waals surface area contributed by atoms with Crippen molar-refractivity contribution in [3.8, 4) is 0 Å². The number of benzene rings is 1. The predicted molar refractivity (Wildman–Crippen MR) is 76.1 cm³/mol. The van der Waals surface area contributed by atoms with Crippen molar-refractivity contribution in [3.05, 3.63) is 32.5 Å². The van der Waals surface area contributed by atoms with Crippen LogP contribution < -0.4 is 4.72 Å². The normalized spacial score (nSPS) is 11.6. The van der Waals surface area contributed by atoms with E-state index in [2.05, 4.69) is 35.8 Å². The van der Waals surface area contributed by atoms with Gasteiger partial charge in [-0.2, -0.15) is 4.98 Å². The molecule has 102 valence electrons. The van der Waals surface area contributed by atoms with Crippen molar-refractivity contribution < 1.29 is 8.42 Å². The van der Waals surface area contributed by atoms with Crippen LogP contribution in [0.5, 0.6) is 0 Å². The Hall–Kier alpha value is -0.830. The molecule has 1 heterocycles. The van der Waals surface area contributed by atoms with Crippen molar-refractivity contribution in [2.45, 2.75) is 11.8 Å². The Kier molecular flexibility index (Phi) is 4.05. The highest BCUT2D eigenvalue weighted by atomic mass is 79.9. The van der Waals surface area contributed by atoms with Crippen LogP contribution in [0.1, 0.15) is 5.82 Å². The van der Waals surface area contributed by atoms with Gasteiger partial charge in [0.2, 0.25) is 0 Å². The van der Waals surface area contributed by atoms with Crippen LogP contribution in [0.15, 0.2) is 21.5 Å². The monoisotopic (exact) mass is 384 g/mol. The van der Waals surface area contributed by atoms with Crippen molar-refractivity contribution in [2.75, 3.05) is 4.72 Å². The molecule has 0 aliphatic carbocycles. The number of rotatable bonds is 3. The summed E-state index contributed by atoms with van der Waals surface area (Å²) < 4.78 is 27.1. The fourth-order valence-electron chi connectivity index (χ4n) is 1.35. The second kappa shape index (κ2) is 5.28. The first-order chi connectivity index (χ1) is 8.79. The Morgan fingerprint density at radius 3 is 2.37 bits per heavy atom. The van der Waals surface area contributed by atoms with Gasteiger partial charge in [-0.1, -0.05) is 39.1 Å². The molecular weight excluding hydrogens is 379 g/mol. The summed E-state index contributed by atoms with van der Waals surface area (Å²) in [6.45, 7) is 1.64. The third-order valence-electron chi connectivity index (χ3n) is 2.05. The summed E-state index contributed by atoms with van der Waals surface area (Å²) in [7, 11) is -3.96. The van der Waals surface area contributed by atoms with Crippen molar-refractivity contribution >= 4 is 55.1 Å². The standard InChI is InChI=1S/C9H7BrCl2N4O2S/c1-4-13-9(15-14-4)16-19(17,18)8-6(11)2-5(10)3-7(8)12/h2-3H,1H3,(H2,13,14,15,16). The Balaban J connectivity index is 2.45. The average Bonchev–Trinajstić information content (AvgIpc) is 2.60. The molecule has 2 aromatic rings. The highest BCUT2D eigenvalue weighted by molar-refractivity contribution is 9.10. The lowest BCUT2D eigenvalue weighted by Gasteiger charge is -2.09. The second-order valence-corrected chi connectivity index (χ2v) is 6.90. The van der Waals surface area contributed by atoms with Gasteiger partial charge < -0.3 is 0 Å². The first-order valence-corrected chi connectivity index (χ1v) is 7.89. The highest BCUT2D eigenvalue weighted by Crippen LogP contribution is 2.33. The summed E-state index contributed by atoms with van der Waals surface area (Å²) in [5.74, 6) is 0.401. The molecule has 1 aromatic heterocycles. The zero-order valence-electron chi connectivity index (χ0n) is 9.41. The van der Waals surface area contributed by atoms with E-state index >= 15 is 0 Å². The number of aromatic nitrogens is 3. The number of aromatic amines is 1. The number of anilines is 1. The molecule has 1 aromatic carbocycles. The highest BCUT2D eigenvalue weighted by Gasteiger charge is 2.23. The van der Waals surface area contributed by atoms with E-state index in [1.807, 2.05) is 0 Å². The third-order valence-corrected chi connectivity index (χ3v) is 4.76. The van der Waals surface area contributed by atoms with Gasteiger partial charge in [0.1, 0.15) is 10.7 Å². The summed E-state index contributed by atoms with van der Waals surface area (Å²) in [4.78, 5) is 3.63. The number of hydrogen-bond acceptors (Lipinski definition) is 4.